The smallest absolute Gasteiger partial charge is 0.315 e. The van der Waals surface area contributed by atoms with Crippen LogP contribution in [-0.4, -0.2) is 22.7 Å². The second-order valence-corrected chi connectivity index (χ2v) is 6.03. The minimum atomic E-state index is -0.727. The fraction of sp³-hybridized carbons (Fsp3) is 0.368. The zero-order chi connectivity index (χ0) is 17.5. The van der Waals surface area contributed by atoms with Gasteiger partial charge in [-0.1, -0.05) is 36.2 Å². The number of amides is 2. The lowest BCUT2D eigenvalue weighted by atomic mass is 10.0. The Morgan fingerprint density at radius 1 is 1.12 bits per heavy atom. The number of hydrogen-bond donors (Lipinski definition) is 3. The van der Waals surface area contributed by atoms with Crippen molar-refractivity contribution in [3.8, 4) is 0 Å². The Morgan fingerprint density at radius 2 is 1.75 bits per heavy atom. The van der Waals surface area contributed by atoms with Gasteiger partial charge in [-0.25, -0.2) is 4.79 Å². The van der Waals surface area contributed by atoms with E-state index >= 15 is 0 Å². The maximum Gasteiger partial charge on any atom is 0.315 e. The van der Waals surface area contributed by atoms with Crippen LogP contribution in [0.1, 0.15) is 47.7 Å². The van der Waals surface area contributed by atoms with Crippen molar-refractivity contribution in [2.45, 2.75) is 39.3 Å². The maximum atomic E-state index is 12.1. The molecule has 0 unspecified atom stereocenters. The zero-order valence-electron chi connectivity index (χ0n) is 14.4. The number of hydrogen-bond acceptors (Lipinski definition) is 3. The number of aromatic nitrogens is 1. The first kappa shape index (κ1) is 17.9. The Hall–Kier alpha value is -2.40. The van der Waals surface area contributed by atoms with Gasteiger partial charge in [-0.3, -0.25) is 4.98 Å². The van der Waals surface area contributed by atoms with Gasteiger partial charge < -0.3 is 15.7 Å². The van der Waals surface area contributed by atoms with E-state index in [0.29, 0.717) is 0 Å². The summed E-state index contributed by atoms with van der Waals surface area (Å²) in [5.41, 5.74) is 4.01. The number of aliphatic hydroxyl groups excluding tert-OH is 1. The molecule has 3 N–H and O–H groups in total. The van der Waals surface area contributed by atoms with Crippen LogP contribution in [0.4, 0.5) is 4.79 Å². The highest BCUT2D eigenvalue weighted by atomic mass is 16.3. The average molecular weight is 327 g/mol. The van der Waals surface area contributed by atoms with E-state index < -0.39 is 6.10 Å². The molecule has 0 aliphatic rings. The first-order chi connectivity index (χ1) is 11.5. The molecule has 5 nitrogen and oxygen atoms in total. The van der Waals surface area contributed by atoms with Gasteiger partial charge in [0.1, 0.15) is 0 Å². The van der Waals surface area contributed by atoms with Crippen molar-refractivity contribution in [2.75, 3.05) is 6.54 Å². The van der Waals surface area contributed by atoms with E-state index in [1.165, 1.54) is 0 Å². The van der Waals surface area contributed by atoms with Gasteiger partial charge in [-0.2, -0.15) is 0 Å². The Bertz CT molecular complexity index is 653. The summed E-state index contributed by atoms with van der Waals surface area (Å²) < 4.78 is 0. The van der Waals surface area contributed by atoms with Crippen LogP contribution in [0, 0.1) is 13.8 Å². The zero-order valence-corrected chi connectivity index (χ0v) is 14.4. The summed E-state index contributed by atoms with van der Waals surface area (Å²) in [6.45, 7) is 6.16. The lowest BCUT2D eigenvalue weighted by molar-refractivity contribution is 0.172. The van der Waals surface area contributed by atoms with Gasteiger partial charge in [0.2, 0.25) is 0 Å². The molecule has 0 radical (unpaired) electrons. The molecule has 5 heteroatoms. The molecule has 0 spiro atoms. The van der Waals surface area contributed by atoms with Crippen LogP contribution in [0.25, 0.3) is 0 Å². The Morgan fingerprint density at radius 3 is 2.33 bits per heavy atom. The van der Waals surface area contributed by atoms with Gasteiger partial charge in [0, 0.05) is 18.9 Å². The molecule has 0 fully saturated rings. The minimum absolute atomic E-state index is 0.0774. The number of urea groups is 1. The highest BCUT2D eigenvalue weighted by Gasteiger charge is 2.14. The standard InChI is InChI=1S/C19H25N3O2/c1-4-17(15-5-7-20-8-6-15)22-19(24)21-12-18(23)16-10-13(2)9-14(3)11-16/h5-11,17-18,23H,4,12H2,1-3H3,(H2,21,22,24)/t17-,18+/m0/s1. The maximum absolute atomic E-state index is 12.1. The van der Waals surface area contributed by atoms with Crippen LogP contribution < -0.4 is 10.6 Å². The van der Waals surface area contributed by atoms with Gasteiger partial charge in [-0.15, -0.1) is 0 Å². The average Bonchev–Trinajstić information content (AvgIpc) is 2.57. The van der Waals surface area contributed by atoms with Crippen molar-refractivity contribution in [3.63, 3.8) is 0 Å². The third-order valence-corrected chi connectivity index (χ3v) is 3.91. The lowest BCUT2D eigenvalue weighted by Gasteiger charge is -2.19. The number of pyridine rings is 1. The van der Waals surface area contributed by atoms with Gasteiger partial charge in [0.15, 0.2) is 0 Å². The molecule has 128 valence electrons. The highest BCUT2D eigenvalue weighted by molar-refractivity contribution is 5.74. The summed E-state index contributed by atoms with van der Waals surface area (Å²) >= 11 is 0. The number of aryl methyl sites for hydroxylation is 2. The molecule has 2 amide bonds. The molecule has 1 aromatic carbocycles. The van der Waals surface area contributed by atoms with E-state index in [4.69, 9.17) is 0 Å². The Kier molecular flexibility index (Phi) is 6.32. The molecule has 1 aromatic heterocycles. The summed E-state index contributed by atoms with van der Waals surface area (Å²) in [6, 6.07) is 9.33. The summed E-state index contributed by atoms with van der Waals surface area (Å²) in [5, 5.41) is 15.9. The number of nitrogens with zero attached hydrogens (tertiary/aromatic N) is 1. The molecule has 2 atom stereocenters. The number of carbonyl (C=O) groups excluding carboxylic acids is 1. The molecule has 24 heavy (non-hydrogen) atoms. The van der Waals surface area contributed by atoms with E-state index in [2.05, 4.69) is 21.7 Å². The predicted molar refractivity (Wildman–Crippen MR) is 94.7 cm³/mol. The van der Waals surface area contributed by atoms with Gasteiger partial charge in [0.05, 0.1) is 12.1 Å². The summed E-state index contributed by atoms with van der Waals surface area (Å²) in [5.74, 6) is 0. The van der Waals surface area contributed by atoms with Crippen molar-refractivity contribution < 1.29 is 9.90 Å². The molecule has 0 saturated heterocycles. The number of carbonyl (C=O) groups is 1. The van der Waals surface area contributed by atoms with E-state index in [1.807, 2.05) is 45.0 Å². The second kappa shape index (κ2) is 8.45. The number of benzene rings is 1. The third-order valence-electron chi connectivity index (χ3n) is 3.91. The quantitative estimate of drug-likeness (QED) is 0.763. The molecule has 2 rings (SSSR count). The number of rotatable bonds is 6. The SMILES string of the molecule is CC[C@H](NC(=O)NC[C@@H](O)c1cc(C)cc(C)c1)c1ccncc1. The molecule has 2 aromatic rings. The molecule has 0 aliphatic carbocycles. The van der Waals surface area contributed by atoms with E-state index in [1.54, 1.807) is 12.4 Å². The summed E-state index contributed by atoms with van der Waals surface area (Å²) in [4.78, 5) is 16.1. The summed E-state index contributed by atoms with van der Waals surface area (Å²) in [6.07, 6.45) is 3.47. The normalized spacial score (nSPS) is 13.2. The monoisotopic (exact) mass is 327 g/mol. The largest absolute Gasteiger partial charge is 0.387 e. The van der Waals surface area contributed by atoms with Crippen LogP contribution >= 0.6 is 0 Å². The Balaban J connectivity index is 1.90. The topological polar surface area (TPSA) is 74.2 Å². The molecule has 1 heterocycles. The van der Waals surface area contributed by atoms with E-state index in [-0.39, 0.29) is 18.6 Å². The van der Waals surface area contributed by atoms with Crippen LogP contribution in [0.3, 0.4) is 0 Å². The van der Waals surface area contributed by atoms with Crippen LogP contribution in [0.2, 0.25) is 0 Å². The van der Waals surface area contributed by atoms with Crippen molar-refractivity contribution >= 4 is 6.03 Å². The van der Waals surface area contributed by atoms with Crippen molar-refractivity contribution in [1.82, 2.24) is 15.6 Å². The first-order valence-corrected chi connectivity index (χ1v) is 8.20. The van der Waals surface area contributed by atoms with Crippen LogP contribution in [0.5, 0.6) is 0 Å². The molecule has 0 bridgehead atoms. The molecule has 0 aliphatic heterocycles. The Labute approximate surface area is 143 Å². The molecular weight excluding hydrogens is 302 g/mol. The molecular formula is C19H25N3O2. The van der Waals surface area contributed by atoms with E-state index in [9.17, 15) is 9.90 Å². The van der Waals surface area contributed by atoms with E-state index in [0.717, 1.165) is 28.7 Å². The fourth-order valence-electron chi connectivity index (χ4n) is 2.74. The lowest BCUT2D eigenvalue weighted by Crippen LogP contribution is -2.39. The van der Waals surface area contributed by atoms with Gasteiger partial charge in [0.25, 0.3) is 0 Å². The highest BCUT2D eigenvalue weighted by Crippen LogP contribution is 2.17. The van der Waals surface area contributed by atoms with Crippen molar-refractivity contribution in [1.29, 1.82) is 0 Å². The third kappa shape index (κ3) is 5.06. The second-order valence-electron chi connectivity index (χ2n) is 6.03. The first-order valence-electron chi connectivity index (χ1n) is 8.20. The fourth-order valence-corrected chi connectivity index (χ4v) is 2.74. The van der Waals surface area contributed by atoms with Gasteiger partial charge in [-0.05, 0) is 43.5 Å². The number of aliphatic hydroxyl groups is 1. The van der Waals surface area contributed by atoms with Crippen molar-refractivity contribution in [3.05, 3.63) is 65.0 Å². The van der Waals surface area contributed by atoms with Crippen molar-refractivity contribution in [2.24, 2.45) is 0 Å². The number of nitrogens with one attached hydrogen (secondary N) is 2. The van der Waals surface area contributed by atoms with Gasteiger partial charge >= 0.3 is 6.03 Å². The predicted octanol–water partition coefficient (Wildman–Crippen LogP) is 3.18. The minimum Gasteiger partial charge on any atom is -0.387 e. The van der Waals surface area contributed by atoms with Crippen LogP contribution in [-0.2, 0) is 0 Å². The van der Waals surface area contributed by atoms with Crippen LogP contribution in [0.15, 0.2) is 42.7 Å². The molecule has 0 saturated carbocycles. The summed E-state index contributed by atoms with van der Waals surface area (Å²) in [7, 11) is 0.